The molecule has 2 rings (SSSR count). The van der Waals surface area contributed by atoms with Crippen molar-refractivity contribution in [2.45, 2.75) is 12.3 Å². The molecule has 1 atom stereocenters. The quantitative estimate of drug-likeness (QED) is 0.881. The lowest BCUT2D eigenvalue weighted by atomic mass is 10.2. The van der Waals surface area contributed by atoms with Gasteiger partial charge in [0.2, 0.25) is 0 Å². The average molecular weight is 290 g/mol. The summed E-state index contributed by atoms with van der Waals surface area (Å²) in [6, 6.07) is 1.76. The summed E-state index contributed by atoms with van der Waals surface area (Å²) in [6.45, 7) is 2.58. The first kappa shape index (κ1) is 14.9. The minimum atomic E-state index is -4.44. The van der Waals surface area contributed by atoms with Crippen molar-refractivity contribution in [1.29, 1.82) is 0 Å². The van der Waals surface area contributed by atoms with Gasteiger partial charge in [0.25, 0.3) is 0 Å². The summed E-state index contributed by atoms with van der Waals surface area (Å²) >= 11 is 0. The van der Waals surface area contributed by atoms with E-state index in [2.05, 4.69) is 15.2 Å². The highest BCUT2D eigenvalue weighted by atomic mass is 19.4. The zero-order chi connectivity index (χ0) is 14.8. The third kappa shape index (κ3) is 3.97. The SMILES string of the molecule is CN1CCOC(CNc2cc(C(F)(F)F)cc(N)n2)C1. The maximum atomic E-state index is 12.7. The Bertz CT molecular complexity index is 467. The summed E-state index contributed by atoms with van der Waals surface area (Å²) in [5, 5.41) is 2.85. The Morgan fingerprint density at radius 2 is 2.25 bits per heavy atom. The van der Waals surface area contributed by atoms with Crippen LogP contribution in [0.25, 0.3) is 0 Å². The van der Waals surface area contributed by atoms with E-state index in [0.29, 0.717) is 13.2 Å². The van der Waals surface area contributed by atoms with Crippen molar-refractivity contribution in [3.63, 3.8) is 0 Å². The van der Waals surface area contributed by atoms with Crippen LogP contribution in [0.15, 0.2) is 12.1 Å². The van der Waals surface area contributed by atoms with Gasteiger partial charge in [-0.1, -0.05) is 0 Å². The van der Waals surface area contributed by atoms with E-state index in [1.807, 2.05) is 7.05 Å². The Kier molecular flexibility index (Phi) is 4.34. The molecule has 1 aromatic heterocycles. The normalized spacial score (nSPS) is 20.9. The van der Waals surface area contributed by atoms with Crippen LogP contribution in [0.1, 0.15) is 5.56 Å². The number of nitrogens with zero attached hydrogens (tertiary/aromatic N) is 2. The minimum absolute atomic E-state index is 0.0775. The first-order valence-corrected chi connectivity index (χ1v) is 6.23. The molecule has 1 aromatic rings. The van der Waals surface area contributed by atoms with Gasteiger partial charge in [-0.2, -0.15) is 13.2 Å². The molecule has 0 amide bonds. The lowest BCUT2D eigenvalue weighted by molar-refractivity contribution is -0.137. The molecule has 0 aromatic carbocycles. The molecule has 1 unspecified atom stereocenters. The number of pyridine rings is 1. The first-order chi connectivity index (χ1) is 9.34. The van der Waals surface area contributed by atoms with Gasteiger partial charge >= 0.3 is 6.18 Å². The van der Waals surface area contributed by atoms with Crippen molar-refractivity contribution in [2.24, 2.45) is 0 Å². The Hall–Kier alpha value is -1.54. The number of hydrogen-bond donors (Lipinski definition) is 2. The summed E-state index contributed by atoms with van der Waals surface area (Å²) < 4.78 is 43.5. The van der Waals surface area contributed by atoms with E-state index in [-0.39, 0.29) is 17.7 Å². The standard InChI is InChI=1S/C12H17F3N4O/c1-19-2-3-20-9(7-19)6-17-11-5-8(12(13,14)15)4-10(16)18-11/h4-5,9H,2-3,6-7H2,1H3,(H3,16,17,18). The third-order valence-corrected chi connectivity index (χ3v) is 3.03. The van der Waals surface area contributed by atoms with Gasteiger partial charge in [-0.25, -0.2) is 4.98 Å². The molecule has 2 heterocycles. The first-order valence-electron chi connectivity index (χ1n) is 6.23. The van der Waals surface area contributed by atoms with E-state index in [0.717, 1.165) is 25.2 Å². The average Bonchev–Trinajstić information content (AvgIpc) is 2.35. The number of anilines is 2. The predicted molar refractivity (Wildman–Crippen MR) is 69.4 cm³/mol. The Labute approximate surface area is 114 Å². The van der Waals surface area contributed by atoms with Crippen molar-refractivity contribution in [2.75, 3.05) is 44.3 Å². The van der Waals surface area contributed by atoms with Gasteiger partial charge in [-0.3, -0.25) is 0 Å². The summed E-state index contributed by atoms with van der Waals surface area (Å²) in [5.41, 5.74) is 4.59. The highest BCUT2D eigenvalue weighted by Crippen LogP contribution is 2.31. The lowest BCUT2D eigenvalue weighted by Crippen LogP contribution is -2.43. The second-order valence-electron chi connectivity index (χ2n) is 4.80. The predicted octanol–water partition coefficient (Wildman–Crippen LogP) is 1.43. The van der Waals surface area contributed by atoms with Crippen LogP contribution in [0.3, 0.4) is 0 Å². The molecular formula is C12H17F3N4O. The maximum absolute atomic E-state index is 12.7. The second-order valence-corrected chi connectivity index (χ2v) is 4.80. The number of rotatable bonds is 3. The number of halogens is 3. The van der Waals surface area contributed by atoms with E-state index < -0.39 is 11.7 Å². The molecule has 1 fully saturated rings. The summed E-state index contributed by atoms with van der Waals surface area (Å²) in [4.78, 5) is 5.95. The number of nitrogen functional groups attached to an aromatic ring is 1. The van der Waals surface area contributed by atoms with Crippen LogP contribution in [-0.4, -0.2) is 49.3 Å². The summed E-state index contributed by atoms with van der Waals surface area (Å²) in [6.07, 6.45) is -4.51. The number of alkyl halides is 3. The highest BCUT2D eigenvalue weighted by molar-refractivity contribution is 5.47. The van der Waals surface area contributed by atoms with Gasteiger partial charge in [0.1, 0.15) is 11.6 Å². The fraction of sp³-hybridized carbons (Fsp3) is 0.583. The molecule has 0 bridgehead atoms. The molecule has 1 aliphatic heterocycles. The van der Waals surface area contributed by atoms with E-state index in [1.54, 1.807) is 0 Å². The second kappa shape index (κ2) is 5.84. The number of aromatic nitrogens is 1. The number of morpholine rings is 1. The molecule has 0 radical (unpaired) electrons. The smallest absolute Gasteiger partial charge is 0.384 e. The topological polar surface area (TPSA) is 63.4 Å². The van der Waals surface area contributed by atoms with Gasteiger partial charge in [-0.15, -0.1) is 0 Å². The fourth-order valence-corrected chi connectivity index (χ4v) is 2.01. The van der Waals surface area contributed by atoms with Crippen LogP contribution < -0.4 is 11.1 Å². The zero-order valence-corrected chi connectivity index (χ0v) is 11.1. The van der Waals surface area contributed by atoms with Crippen molar-refractivity contribution in [3.8, 4) is 0 Å². The van der Waals surface area contributed by atoms with Gasteiger partial charge in [0, 0.05) is 19.6 Å². The van der Waals surface area contributed by atoms with Gasteiger partial charge in [-0.05, 0) is 19.2 Å². The van der Waals surface area contributed by atoms with E-state index in [9.17, 15) is 13.2 Å². The Morgan fingerprint density at radius 1 is 1.50 bits per heavy atom. The van der Waals surface area contributed by atoms with Crippen LogP contribution in [0.2, 0.25) is 0 Å². The summed E-state index contributed by atoms with van der Waals surface area (Å²) in [5.74, 6) is -0.0573. The Balaban J connectivity index is 2.00. The zero-order valence-electron chi connectivity index (χ0n) is 11.1. The number of hydrogen-bond acceptors (Lipinski definition) is 5. The molecule has 3 N–H and O–H groups in total. The van der Waals surface area contributed by atoms with E-state index in [4.69, 9.17) is 10.5 Å². The molecule has 20 heavy (non-hydrogen) atoms. The van der Waals surface area contributed by atoms with Crippen LogP contribution in [0.5, 0.6) is 0 Å². The number of nitrogens with one attached hydrogen (secondary N) is 1. The van der Waals surface area contributed by atoms with Crippen molar-refractivity contribution in [3.05, 3.63) is 17.7 Å². The number of ether oxygens (including phenoxy) is 1. The highest BCUT2D eigenvalue weighted by Gasteiger charge is 2.31. The molecule has 0 saturated carbocycles. The van der Waals surface area contributed by atoms with Crippen molar-refractivity contribution in [1.82, 2.24) is 9.88 Å². The fourth-order valence-electron chi connectivity index (χ4n) is 2.01. The number of nitrogens with two attached hydrogens (primary N) is 1. The molecular weight excluding hydrogens is 273 g/mol. The molecule has 0 spiro atoms. The van der Waals surface area contributed by atoms with Crippen molar-refractivity contribution >= 4 is 11.6 Å². The molecule has 1 aliphatic rings. The van der Waals surface area contributed by atoms with E-state index >= 15 is 0 Å². The van der Waals surface area contributed by atoms with Crippen LogP contribution in [0, 0.1) is 0 Å². The Morgan fingerprint density at radius 3 is 2.90 bits per heavy atom. The van der Waals surface area contributed by atoms with Crippen molar-refractivity contribution < 1.29 is 17.9 Å². The van der Waals surface area contributed by atoms with Crippen LogP contribution >= 0.6 is 0 Å². The minimum Gasteiger partial charge on any atom is -0.384 e. The van der Waals surface area contributed by atoms with Crippen LogP contribution in [0.4, 0.5) is 24.8 Å². The molecule has 1 saturated heterocycles. The van der Waals surface area contributed by atoms with Gasteiger partial charge < -0.3 is 20.7 Å². The van der Waals surface area contributed by atoms with Crippen LogP contribution in [-0.2, 0) is 10.9 Å². The largest absolute Gasteiger partial charge is 0.416 e. The van der Waals surface area contributed by atoms with Gasteiger partial charge in [0.15, 0.2) is 0 Å². The molecule has 112 valence electrons. The lowest BCUT2D eigenvalue weighted by Gasteiger charge is -2.30. The maximum Gasteiger partial charge on any atom is 0.416 e. The molecule has 0 aliphatic carbocycles. The number of likely N-dealkylation sites (N-methyl/N-ethyl adjacent to an activating group) is 1. The van der Waals surface area contributed by atoms with Gasteiger partial charge in [0.05, 0.1) is 18.3 Å². The monoisotopic (exact) mass is 290 g/mol. The molecule has 5 nitrogen and oxygen atoms in total. The van der Waals surface area contributed by atoms with E-state index in [1.165, 1.54) is 0 Å². The molecule has 8 heteroatoms. The summed E-state index contributed by atoms with van der Waals surface area (Å²) in [7, 11) is 1.97. The third-order valence-electron chi connectivity index (χ3n) is 3.03.